The van der Waals surface area contributed by atoms with Crippen LogP contribution in [0.4, 0.5) is 0 Å². The van der Waals surface area contributed by atoms with Crippen molar-refractivity contribution in [3.8, 4) is 0 Å². The molecule has 0 heterocycles. The van der Waals surface area contributed by atoms with Crippen LogP contribution in [0.1, 0.15) is 91.9 Å². The van der Waals surface area contributed by atoms with Gasteiger partial charge >= 0.3 is 11.9 Å². The molecule has 1 N–H and O–H groups in total. The second kappa shape index (κ2) is 7.98. The van der Waals surface area contributed by atoms with Gasteiger partial charge in [0.2, 0.25) is 0 Å². The van der Waals surface area contributed by atoms with Gasteiger partial charge in [-0.25, -0.2) is 0 Å². The Morgan fingerprint density at radius 3 is 2.63 bits per heavy atom. The molecule has 0 radical (unpaired) electrons. The molecule has 3 fully saturated rings. The molecule has 168 valence electrons. The van der Waals surface area contributed by atoms with Crippen molar-refractivity contribution in [1.29, 1.82) is 0 Å². The summed E-state index contributed by atoms with van der Waals surface area (Å²) in [6.07, 6.45) is 13.1. The van der Waals surface area contributed by atoms with E-state index in [9.17, 15) is 9.59 Å². The minimum Gasteiger partial charge on any atom is -0.481 e. The Bertz CT molecular complexity index is 727. The van der Waals surface area contributed by atoms with Crippen LogP contribution in [0.2, 0.25) is 0 Å². The zero-order valence-electron chi connectivity index (χ0n) is 19.3. The fourth-order valence-corrected chi connectivity index (χ4v) is 8.49. The van der Waals surface area contributed by atoms with E-state index in [0.717, 1.165) is 43.4 Å². The van der Waals surface area contributed by atoms with Crippen molar-refractivity contribution < 1.29 is 19.4 Å². The fraction of sp³-hybridized carbons (Fsp3) is 0.846. The van der Waals surface area contributed by atoms with Crippen LogP contribution >= 0.6 is 0 Å². The highest BCUT2D eigenvalue weighted by Crippen LogP contribution is 2.67. The molecule has 0 aromatic carbocycles. The number of aliphatic carboxylic acids is 1. The predicted octanol–water partition coefficient (Wildman–Crippen LogP) is 6.00. The van der Waals surface area contributed by atoms with E-state index in [0.29, 0.717) is 23.7 Å². The summed E-state index contributed by atoms with van der Waals surface area (Å²) in [5.74, 6) is 2.64. The Hall–Kier alpha value is -1.32. The smallest absolute Gasteiger partial charge is 0.303 e. The summed E-state index contributed by atoms with van der Waals surface area (Å²) in [7, 11) is 0. The summed E-state index contributed by atoms with van der Waals surface area (Å²) in [5, 5.41) is 9.13. The van der Waals surface area contributed by atoms with Gasteiger partial charge in [0.1, 0.15) is 6.10 Å². The number of carbonyl (C=O) groups excluding carboxylic acids is 1. The van der Waals surface area contributed by atoms with Gasteiger partial charge in [-0.3, -0.25) is 9.59 Å². The second-order valence-corrected chi connectivity index (χ2v) is 11.4. The minimum atomic E-state index is -0.660. The molecular formula is C26H40O4. The molecule has 0 unspecified atom stereocenters. The maximum absolute atomic E-state index is 11.4. The summed E-state index contributed by atoms with van der Waals surface area (Å²) >= 11 is 0. The van der Waals surface area contributed by atoms with Crippen molar-refractivity contribution in [2.45, 2.75) is 98.0 Å². The lowest BCUT2D eigenvalue weighted by atomic mass is 9.47. The van der Waals surface area contributed by atoms with E-state index in [1.54, 1.807) is 5.57 Å². The van der Waals surface area contributed by atoms with Crippen LogP contribution in [-0.2, 0) is 14.3 Å². The van der Waals surface area contributed by atoms with Gasteiger partial charge in [-0.05, 0) is 91.8 Å². The Morgan fingerprint density at radius 1 is 1.17 bits per heavy atom. The van der Waals surface area contributed by atoms with Crippen molar-refractivity contribution in [2.24, 2.45) is 40.4 Å². The third kappa shape index (κ3) is 3.62. The van der Waals surface area contributed by atoms with Gasteiger partial charge in [0.05, 0.1) is 0 Å². The van der Waals surface area contributed by atoms with Crippen LogP contribution in [0.25, 0.3) is 0 Å². The largest absolute Gasteiger partial charge is 0.481 e. The summed E-state index contributed by atoms with van der Waals surface area (Å²) < 4.78 is 5.57. The number of fused-ring (bicyclic) bond motifs is 5. The molecule has 0 spiro atoms. The molecule has 0 aromatic rings. The highest BCUT2D eigenvalue weighted by molar-refractivity contribution is 5.66. The number of esters is 1. The average Bonchev–Trinajstić information content (AvgIpc) is 3.03. The molecule has 3 saturated carbocycles. The molecule has 4 nitrogen and oxygen atoms in total. The molecule has 4 heteroatoms. The summed E-state index contributed by atoms with van der Waals surface area (Å²) in [6, 6.07) is 0. The fourth-order valence-electron chi connectivity index (χ4n) is 8.49. The van der Waals surface area contributed by atoms with E-state index < -0.39 is 5.97 Å². The number of ether oxygens (including phenoxy) is 1. The standard InChI is InChI=1S/C26H40O4/c1-16(5-10-24(28)29)21-8-9-22-20-7-6-18-15-19(30-17(2)27)11-13-25(18,3)23(20)12-14-26(21,22)4/h6,16,19-23H,5,7-15H2,1-4H3,(H,28,29)/t16-,19+,20+,21+,22-,23-,25+,26-/m1/s1. The van der Waals surface area contributed by atoms with Crippen LogP contribution < -0.4 is 0 Å². The molecule has 30 heavy (non-hydrogen) atoms. The van der Waals surface area contributed by atoms with E-state index in [2.05, 4.69) is 26.8 Å². The molecule has 0 amide bonds. The molecule has 4 aliphatic rings. The van der Waals surface area contributed by atoms with Gasteiger partial charge in [-0.1, -0.05) is 32.4 Å². The Balaban J connectivity index is 1.51. The second-order valence-electron chi connectivity index (χ2n) is 11.4. The first-order chi connectivity index (χ1) is 14.1. The number of hydrogen-bond acceptors (Lipinski definition) is 3. The predicted molar refractivity (Wildman–Crippen MR) is 117 cm³/mol. The normalized spacial score (nSPS) is 43.6. The maximum atomic E-state index is 11.4. The summed E-state index contributed by atoms with van der Waals surface area (Å²) in [6.45, 7) is 8.84. The lowest BCUT2D eigenvalue weighted by Crippen LogP contribution is -2.51. The summed E-state index contributed by atoms with van der Waals surface area (Å²) in [4.78, 5) is 22.5. The number of hydrogen-bond donors (Lipinski definition) is 1. The van der Waals surface area contributed by atoms with Crippen molar-refractivity contribution in [2.75, 3.05) is 0 Å². The molecule has 4 rings (SSSR count). The molecular weight excluding hydrogens is 376 g/mol. The van der Waals surface area contributed by atoms with Gasteiger partial charge in [0, 0.05) is 19.8 Å². The van der Waals surface area contributed by atoms with Gasteiger partial charge in [-0.2, -0.15) is 0 Å². The van der Waals surface area contributed by atoms with Crippen molar-refractivity contribution in [1.82, 2.24) is 0 Å². The monoisotopic (exact) mass is 416 g/mol. The molecule has 0 aromatic heterocycles. The molecule has 0 aliphatic heterocycles. The van der Waals surface area contributed by atoms with Crippen LogP contribution in [0, 0.1) is 40.4 Å². The zero-order chi connectivity index (χ0) is 21.7. The van der Waals surface area contributed by atoms with E-state index in [1.807, 2.05) is 0 Å². The van der Waals surface area contributed by atoms with Crippen LogP contribution in [0.15, 0.2) is 11.6 Å². The average molecular weight is 417 g/mol. The summed E-state index contributed by atoms with van der Waals surface area (Å²) in [5.41, 5.74) is 2.19. The topological polar surface area (TPSA) is 63.6 Å². The first-order valence-corrected chi connectivity index (χ1v) is 12.2. The number of carbonyl (C=O) groups is 2. The maximum Gasteiger partial charge on any atom is 0.303 e. The van der Waals surface area contributed by atoms with Crippen LogP contribution in [0.5, 0.6) is 0 Å². The van der Waals surface area contributed by atoms with Gasteiger partial charge in [0.25, 0.3) is 0 Å². The Kier molecular flexibility index (Phi) is 5.83. The molecule has 0 saturated heterocycles. The molecule has 4 aliphatic carbocycles. The SMILES string of the molecule is CC(=O)O[C@H]1CC[C@@]2(C)C(=CC[C@H]3[C@H]4CC[C@@H]([C@H](C)CCC(=O)O)[C@@]4(C)CC[C@H]32)C1. The highest BCUT2D eigenvalue weighted by Gasteiger charge is 2.59. The number of allylic oxidation sites excluding steroid dienone is 1. The van der Waals surface area contributed by atoms with Crippen molar-refractivity contribution in [3.63, 3.8) is 0 Å². The zero-order valence-corrected chi connectivity index (χ0v) is 19.3. The minimum absolute atomic E-state index is 0.0678. The van der Waals surface area contributed by atoms with Gasteiger partial charge in [-0.15, -0.1) is 0 Å². The number of carboxylic acid groups (broad SMARTS) is 1. The van der Waals surface area contributed by atoms with E-state index in [1.165, 1.54) is 39.0 Å². The van der Waals surface area contributed by atoms with E-state index >= 15 is 0 Å². The molecule has 8 atom stereocenters. The van der Waals surface area contributed by atoms with Gasteiger partial charge < -0.3 is 9.84 Å². The third-order valence-electron chi connectivity index (χ3n) is 9.97. The van der Waals surface area contributed by atoms with Gasteiger partial charge in [0.15, 0.2) is 0 Å². The quantitative estimate of drug-likeness (QED) is 0.441. The third-order valence-corrected chi connectivity index (χ3v) is 9.97. The first kappa shape index (κ1) is 21.9. The lowest BCUT2D eigenvalue weighted by Gasteiger charge is -2.58. The van der Waals surface area contributed by atoms with Crippen molar-refractivity contribution in [3.05, 3.63) is 11.6 Å². The first-order valence-electron chi connectivity index (χ1n) is 12.2. The number of rotatable bonds is 5. The Labute approximate surface area is 181 Å². The Morgan fingerprint density at radius 2 is 1.93 bits per heavy atom. The van der Waals surface area contributed by atoms with Crippen molar-refractivity contribution >= 4 is 11.9 Å². The van der Waals surface area contributed by atoms with E-state index in [-0.39, 0.29) is 17.5 Å². The van der Waals surface area contributed by atoms with E-state index in [4.69, 9.17) is 9.84 Å². The van der Waals surface area contributed by atoms with Crippen LogP contribution in [-0.4, -0.2) is 23.1 Å². The lowest BCUT2D eigenvalue weighted by molar-refractivity contribution is -0.148. The highest BCUT2D eigenvalue weighted by atomic mass is 16.5. The number of carboxylic acids is 1. The van der Waals surface area contributed by atoms with Crippen LogP contribution in [0.3, 0.4) is 0 Å². The molecule has 0 bridgehead atoms.